The van der Waals surface area contributed by atoms with Gasteiger partial charge in [0.2, 0.25) is 5.91 Å². The van der Waals surface area contributed by atoms with Crippen molar-refractivity contribution in [1.82, 2.24) is 4.90 Å². The highest BCUT2D eigenvalue weighted by atomic mass is 35.5. The van der Waals surface area contributed by atoms with Crippen LogP contribution in [0.4, 0.5) is 4.39 Å². The van der Waals surface area contributed by atoms with E-state index < -0.39 is 5.82 Å². The molecule has 0 aliphatic heterocycles. The van der Waals surface area contributed by atoms with Crippen LogP contribution in [0.15, 0.2) is 18.2 Å². The van der Waals surface area contributed by atoms with E-state index in [1.165, 1.54) is 23.1 Å². The maximum Gasteiger partial charge on any atom is 0.225 e. The third-order valence-corrected chi connectivity index (χ3v) is 2.77. The summed E-state index contributed by atoms with van der Waals surface area (Å²) in [4.78, 5) is 13.1. The summed E-state index contributed by atoms with van der Waals surface area (Å²) in [7, 11) is 1.63. The van der Waals surface area contributed by atoms with Gasteiger partial charge in [-0.05, 0) is 12.1 Å². The normalized spacial score (nSPS) is 9.79. The number of ether oxygens (including phenoxy) is 1. The van der Waals surface area contributed by atoms with E-state index in [-0.39, 0.29) is 24.0 Å². The van der Waals surface area contributed by atoms with Crippen LogP contribution in [-0.4, -0.2) is 31.0 Å². The molecule has 0 fully saturated rings. The van der Waals surface area contributed by atoms with Crippen molar-refractivity contribution in [2.45, 2.75) is 12.8 Å². The van der Waals surface area contributed by atoms with Gasteiger partial charge in [0.15, 0.2) is 0 Å². The predicted molar refractivity (Wildman–Crippen MR) is 69.4 cm³/mol. The molecule has 0 heterocycles. The molecule has 0 bridgehead atoms. The molecule has 1 rings (SSSR count). The first-order valence-corrected chi connectivity index (χ1v) is 6.11. The van der Waals surface area contributed by atoms with Gasteiger partial charge in [-0.1, -0.05) is 11.6 Å². The molecule has 0 radical (unpaired) electrons. The minimum Gasteiger partial charge on any atom is -0.493 e. The SMILES string of the molecule is CN(CCC#N)C(=O)CCOc1ccc(Cl)c(F)c1. The third kappa shape index (κ3) is 5.14. The van der Waals surface area contributed by atoms with Crippen LogP contribution in [0.3, 0.4) is 0 Å². The Morgan fingerprint density at radius 2 is 2.32 bits per heavy atom. The maximum atomic E-state index is 13.1. The second-order valence-electron chi connectivity index (χ2n) is 3.90. The summed E-state index contributed by atoms with van der Waals surface area (Å²) in [6.07, 6.45) is 0.470. The van der Waals surface area contributed by atoms with E-state index in [9.17, 15) is 9.18 Å². The first kappa shape index (κ1) is 15.3. The highest BCUT2D eigenvalue weighted by molar-refractivity contribution is 6.30. The summed E-state index contributed by atoms with van der Waals surface area (Å²) in [5.41, 5.74) is 0. The van der Waals surface area contributed by atoms with Gasteiger partial charge in [-0.25, -0.2) is 4.39 Å². The molecule has 0 aliphatic carbocycles. The number of carbonyl (C=O) groups excluding carboxylic acids is 1. The quantitative estimate of drug-likeness (QED) is 0.807. The number of amides is 1. The Labute approximate surface area is 116 Å². The van der Waals surface area contributed by atoms with Crippen molar-refractivity contribution in [3.05, 3.63) is 29.0 Å². The minimum absolute atomic E-state index is 0.0275. The zero-order chi connectivity index (χ0) is 14.3. The van der Waals surface area contributed by atoms with Gasteiger partial charge in [0, 0.05) is 19.7 Å². The van der Waals surface area contributed by atoms with Crippen molar-refractivity contribution >= 4 is 17.5 Å². The van der Waals surface area contributed by atoms with Gasteiger partial charge in [-0.3, -0.25) is 4.79 Å². The van der Waals surface area contributed by atoms with E-state index in [1.54, 1.807) is 7.05 Å². The molecule has 0 spiro atoms. The van der Waals surface area contributed by atoms with Crippen molar-refractivity contribution in [3.8, 4) is 11.8 Å². The zero-order valence-corrected chi connectivity index (χ0v) is 11.3. The van der Waals surface area contributed by atoms with E-state index in [4.69, 9.17) is 21.6 Å². The molecule has 1 amide bonds. The lowest BCUT2D eigenvalue weighted by Crippen LogP contribution is -2.28. The Morgan fingerprint density at radius 3 is 2.95 bits per heavy atom. The molecule has 0 atom stereocenters. The van der Waals surface area contributed by atoms with Crippen LogP contribution in [0.25, 0.3) is 0 Å². The van der Waals surface area contributed by atoms with E-state index in [0.29, 0.717) is 18.7 Å². The van der Waals surface area contributed by atoms with E-state index in [2.05, 4.69) is 0 Å². The molecule has 0 unspecified atom stereocenters. The summed E-state index contributed by atoms with van der Waals surface area (Å²) < 4.78 is 18.4. The standard InChI is InChI=1S/C13H14ClFN2O2/c1-17(7-2-6-16)13(18)5-8-19-10-3-4-11(14)12(15)9-10/h3-4,9H,2,5,7-8H2,1H3. The van der Waals surface area contributed by atoms with E-state index in [1.807, 2.05) is 6.07 Å². The van der Waals surface area contributed by atoms with Gasteiger partial charge in [0.25, 0.3) is 0 Å². The Balaban J connectivity index is 2.35. The molecule has 0 aromatic heterocycles. The van der Waals surface area contributed by atoms with Crippen LogP contribution in [-0.2, 0) is 4.79 Å². The van der Waals surface area contributed by atoms with E-state index in [0.717, 1.165) is 0 Å². The molecular weight excluding hydrogens is 271 g/mol. The Bertz CT molecular complexity index is 488. The molecule has 1 aromatic carbocycles. The number of benzene rings is 1. The minimum atomic E-state index is -0.559. The van der Waals surface area contributed by atoms with Crippen LogP contribution >= 0.6 is 11.6 Å². The predicted octanol–water partition coefficient (Wildman–Crippen LogP) is 2.62. The molecule has 6 heteroatoms. The molecule has 0 saturated carbocycles. The largest absolute Gasteiger partial charge is 0.493 e. The summed E-state index contributed by atoms with van der Waals surface area (Å²) in [6, 6.07) is 6.07. The Morgan fingerprint density at radius 1 is 1.58 bits per heavy atom. The number of hydrogen-bond donors (Lipinski definition) is 0. The molecular formula is C13H14ClFN2O2. The van der Waals surface area contributed by atoms with Crippen molar-refractivity contribution in [1.29, 1.82) is 5.26 Å². The smallest absolute Gasteiger partial charge is 0.225 e. The first-order valence-electron chi connectivity index (χ1n) is 5.73. The average Bonchev–Trinajstić information content (AvgIpc) is 2.39. The van der Waals surface area contributed by atoms with Crippen LogP contribution in [0.5, 0.6) is 5.75 Å². The van der Waals surface area contributed by atoms with Gasteiger partial charge in [0.05, 0.1) is 30.5 Å². The van der Waals surface area contributed by atoms with Crippen LogP contribution < -0.4 is 4.74 Å². The second-order valence-corrected chi connectivity index (χ2v) is 4.30. The van der Waals surface area contributed by atoms with Crippen molar-refractivity contribution in [2.24, 2.45) is 0 Å². The van der Waals surface area contributed by atoms with Crippen LogP contribution in [0.1, 0.15) is 12.8 Å². The van der Waals surface area contributed by atoms with Gasteiger partial charge < -0.3 is 9.64 Å². The summed E-state index contributed by atoms with van der Waals surface area (Å²) in [5, 5.41) is 8.44. The van der Waals surface area contributed by atoms with Crippen molar-refractivity contribution in [2.75, 3.05) is 20.2 Å². The number of halogens is 2. The summed E-state index contributed by atoms with van der Waals surface area (Å²) in [5.74, 6) is -0.351. The highest BCUT2D eigenvalue weighted by Crippen LogP contribution is 2.20. The lowest BCUT2D eigenvalue weighted by Gasteiger charge is -2.15. The Hall–Kier alpha value is -1.80. The second kappa shape index (κ2) is 7.59. The number of rotatable bonds is 6. The first-order chi connectivity index (χ1) is 9.04. The molecule has 0 saturated heterocycles. The van der Waals surface area contributed by atoms with Gasteiger partial charge in [-0.2, -0.15) is 5.26 Å². The molecule has 4 nitrogen and oxygen atoms in total. The molecule has 19 heavy (non-hydrogen) atoms. The fourth-order valence-corrected chi connectivity index (χ4v) is 1.47. The van der Waals surface area contributed by atoms with Crippen LogP contribution in [0.2, 0.25) is 5.02 Å². The lowest BCUT2D eigenvalue weighted by atomic mass is 10.3. The molecule has 0 N–H and O–H groups in total. The maximum absolute atomic E-state index is 13.1. The number of carbonyl (C=O) groups is 1. The van der Waals surface area contributed by atoms with Crippen molar-refractivity contribution < 1.29 is 13.9 Å². The van der Waals surface area contributed by atoms with Crippen LogP contribution in [0, 0.1) is 17.1 Å². The van der Waals surface area contributed by atoms with E-state index >= 15 is 0 Å². The zero-order valence-electron chi connectivity index (χ0n) is 10.5. The Kier molecular flexibility index (Phi) is 6.10. The molecule has 0 aliphatic rings. The number of nitriles is 1. The summed E-state index contributed by atoms with van der Waals surface area (Å²) in [6.45, 7) is 0.543. The lowest BCUT2D eigenvalue weighted by molar-refractivity contribution is -0.130. The fraction of sp³-hybridized carbons (Fsp3) is 0.385. The number of hydrogen-bond acceptors (Lipinski definition) is 3. The van der Waals surface area contributed by atoms with Gasteiger partial charge in [0.1, 0.15) is 11.6 Å². The topological polar surface area (TPSA) is 53.3 Å². The fourth-order valence-electron chi connectivity index (χ4n) is 1.36. The summed E-state index contributed by atoms with van der Waals surface area (Å²) >= 11 is 5.54. The van der Waals surface area contributed by atoms with Crippen molar-refractivity contribution in [3.63, 3.8) is 0 Å². The monoisotopic (exact) mass is 284 g/mol. The third-order valence-electron chi connectivity index (χ3n) is 2.46. The number of nitrogens with zero attached hydrogens (tertiary/aromatic N) is 2. The molecule has 1 aromatic rings. The van der Waals surface area contributed by atoms with Gasteiger partial charge in [-0.15, -0.1) is 0 Å². The average molecular weight is 285 g/mol. The highest BCUT2D eigenvalue weighted by Gasteiger charge is 2.08. The molecule has 102 valence electrons. The van der Waals surface area contributed by atoms with Gasteiger partial charge >= 0.3 is 0 Å².